The molecule has 1 saturated heterocycles. The zero-order chi connectivity index (χ0) is 16.4. The van der Waals surface area contributed by atoms with Gasteiger partial charge in [-0.05, 0) is 32.0 Å². The van der Waals surface area contributed by atoms with E-state index in [4.69, 9.17) is 4.74 Å². The molecular weight excluding hydrogens is 314 g/mol. The average molecular weight is 334 g/mol. The molecule has 124 valence electrons. The van der Waals surface area contributed by atoms with Gasteiger partial charge in [-0.3, -0.25) is 4.90 Å². The van der Waals surface area contributed by atoms with Crippen LogP contribution in [0.3, 0.4) is 0 Å². The number of rotatable bonds is 5. The van der Waals surface area contributed by atoms with Gasteiger partial charge < -0.3 is 4.74 Å². The van der Waals surface area contributed by atoms with Gasteiger partial charge in [-0.25, -0.2) is 21.9 Å². The Labute approximate surface area is 129 Å². The van der Waals surface area contributed by atoms with Crippen LogP contribution in [-0.4, -0.2) is 51.7 Å². The lowest BCUT2D eigenvalue weighted by Crippen LogP contribution is -2.55. The minimum atomic E-state index is -4.11. The van der Waals surface area contributed by atoms with E-state index in [9.17, 15) is 17.2 Å². The van der Waals surface area contributed by atoms with Crippen molar-refractivity contribution < 1.29 is 21.9 Å². The van der Waals surface area contributed by atoms with Gasteiger partial charge in [-0.2, -0.15) is 0 Å². The Hall–Kier alpha value is -1.09. The smallest absolute Gasteiger partial charge is 0.243 e. The van der Waals surface area contributed by atoms with Gasteiger partial charge in [-0.15, -0.1) is 0 Å². The van der Waals surface area contributed by atoms with Crippen LogP contribution in [0.4, 0.5) is 8.78 Å². The van der Waals surface area contributed by atoms with E-state index < -0.39 is 32.1 Å². The van der Waals surface area contributed by atoms with Crippen molar-refractivity contribution in [2.75, 3.05) is 32.8 Å². The Morgan fingerprint density at radius 1 is 1.27 bits per heavy atom. The van der Waals surface area contributed by atoms with Crippen LogP contribution in [0, 0.1) is 11.6 Å². The third-order valence-corrected chi connectivity index (χ3v) is 5.16. The summed E-state index contributed by atoms with van der Waals surface area (Å²) in [6.07, 6.45) is 0. The van der Waals surface area contributed by atoms with Crippen LogP contribution in [0.2, 0.25) is 0 Å². The fourth-order valence-corrected chi connectivity index (χ4v) is 3.60. The highest BCUT2D eigenvalue weighted by molar-refractivity contribution is 7.89. The van der Waals surface area contributed by atoms with Gasteiger partial charge in [0, 0.05) is 25.2 Å². The first-order valence-electron chi connectivity index (χ1n) is 7.00. The molecule has 0 spiro atoms. The minimum Gasteiger partial charge on any atom is -0.379 e. The molecule has 1 aliphatic rings. The van der Waals surface area contributed by atoms with E-state index in [0.29, 0.717) is 32.4 Å². The molecule has 0 atom stereocenters. The first-order chi connectivity index (χ1) is 10.2. The molecule has 5 nitrogen and oxygen atoms in total. The number of hydrogen-bond donors (Lipinski definition) is 1. The predicted molar refractivity (Wildman–Crippen MR) is 78.0 cm³/mol. The Bertz CT molecular complexity index is 629. The van der Waals surface area contributed by atoms with E-state index in [1.807, 2.05) is 13.8 Å². The molecule has 1 N–H and O–H groups in total. The zero-order valence-corrected chi connectivity index (χ0v) is 13.4. The maximum Gasteiger partial charge on any atom is 0.243 e. The number of hydrogen-bond acceptors (Lipinski definition) is 4. The lowest BCUT2D eigenvalue weighted by molar-refractivity contribution is -0.00804. The summed E-state index contributed by atoms with van der Waals surface area (Å²) < 4.78 is 58.8. The third-order valence-electron chi connectivity index (χ3n) is 3.74. The molecule has 0 unspecified atom stereocenters. The van der Waals surface area contributed by atoms with Crippen LogP contribution in [0.15, 0.2) is 23.1 Å². The van der Waals surface area contributed by atoms with Crippen LogP contribution < -0.4 is 4.72 Å². The largest absolute Gasteiger partial charge is 0.379 e. The van der Waals surface area contributed by atoms with Crippen molar-refractivity contribution in [2.45, 2.75) is 24.3 Å². The summed E-state index contributed by atoms with van der Waals surface area (Å²) >= 11 is 0. The summed E-state index contributed by atoms with van der Waals surface area (Å²) in [4.78, 5) is 1.42. The molecule has 2 rings (SSSR count). The summed E-state index contributed by atoms with van der Waals surface area (Å²) in [7, 11) is -4.11. The second-order valence-electron chi connectivity index (χ2n) is 5.81. The van der Waals surface area contributed by atoms with Gasteiger partial charge >= 0.3 is 0 Å². The van der Waals surface area contributed by atoms with Crippen LogP contribution in [-0.2, 0) is 14.8 Å². The molecule has 0 bridgehead atoms. The fraction of sp³-hybridized carbons (Fsp3) is 0.571. The third kappa shape index (κ3) is 4.01. The number of nitrogens with zero attached hydrogens (tertiary/aromatic N) is 1. The summed E-state index contributed by atoms with van der Waals surface area (Å²) in [6, 6.07) is 2.36. The molecule has 8 heteroatoms. The normalized spacial score (nSPS) is 17.6. The quantitative estimate of drug-likeness (QED) is 0.883. The van der Waals surface area contributed by atoms with Crippen molar-refractivity contribution in [3.63, 3.8) is 0 Å². The van der Waals surface area contributed by atoms with E-state index in [1.165, 1.54) is 0 Å². The van der Waals surface area contributed by atoms with Gasteiger partial charge in [0.25, 0.3) is 0 Å². The standard InChI is InChI=1S/C14H20F2N2O3S/c1-14(2,18-5-7-21-8-6-18)10-17-22(19,20)13-9-11(15)3-4-12(13)16/h3-4,9,17H,5-8,10H2,1-2H3. The van der Waals surface area contributed by atoms with Crippen LogP contribution in [0.5, 0.6) is 0 Å². The Morgan fingerprint density at radius 2 is 1.91 bits per heavy atom. The number of halogens is 2. The molecule has 0 aromatic heterocycles. The van der Waals surface area contributed by atoms with Crippen LogP contribution >= 0.6 is 0 Å². The molecule has 1 aromatic carbocycles. The molecule has 1 heterocycles. The number of nitrogens with one attached hydrogen (secondary N) is 1. The molecular formula is C14H20F2N2O3S. The average Bonchev–Trinajstić information content (AvgIpc) is 2.49. The van der Waals surface area contributed by atoms with Crippen molar-refractivity contribution in [2.24, 2.45) is 0 Å². The van der Waals surface area contributed by atoms with Crippen molar-refractivity contribution in [1.82, 2.24) is 9.62 Å². The van der Waals surface area contributed by atoms with Crippen molar-refractivity contribution in [1.29, 1.82) is 0 Å². The fourth-order valence-electron chi connectivity index (χ4n) is 2.31. The molecule has 22 heavy (non-hydrogen) atoms. The van der Waals surface area contributed by atoms with Crippen LogP contribution in [0.25, 0.3) is 0 Å². The second-order valence-corrected chi connectivity index (χ2v) is 7.55. The number of ether oxygens (including phenoxy) is 1. The first-order valence-corrected chi connectivity index (χ1v) is 8.48. The molecule has 0 saturated carbocycles. The molecule has 0 aliphatic carbocycles. The molecule has 0 radical (unpaired) electrons. The van der Waals surface area contributed by atoms with Gasteiger partial charge in [-0.1, -0.05) is 0 Å². The summed E-state index contributed by atoms with van der Waals surface area (Å²) in [5.74, 6) is -1.77. The van der Waals surface area contributed by atoms with Crippen molar-refractivity contribution >= 4 is 10.0 Å². The predicted octanol–water partition coefficient (Wildman–Crippen LogP) is 1.35. The van der Waals surface area contributed by atoms with Crippen molar-refractivity contribution in [3.05, 3.63) is 29.8 Å². The first kappa shape index (κ1) is 17.3. The Kier molecular flexibility index (Phi) is 5.16. The van der Waals surface area contributed by atoms with Gasteiger partial charge in [0.1, 0.15) is 16.5 Å². The maximum absolute atomic E-state index is 13.6. The van der Waals surface area contributed by atoms with E-state index in [0.717, 1.165) is 12.1 Å². The van der Waals surface area contributed by atoms with Gasteiger partial charge in [0.15, 0.2) is 0 Å². The number of morpholine rings is 1. The molecule has 1 fully saturated rings. The summed E-state index contributed by atoms with van der Waals surface area (Å²) in [6.45, 7) is 6.45. The highest BCUT2D eigenvalue weighted by Gasteiger charge is 2.30. The monoisotopic (exact) mass is 334 g/mol. The zero-order valence-electron chi connectivity index (χ0n) is 12.6. The highest BCUT2D eigenvalue weighted by Crippen LogP contribution is 2.19. The maximum atomic E-state index is 13.6. The summed E-state index contributed by atoms with van der Waals surface area (Å²) in [5, 5.41) is 0. The number of benzene rings is 1. The second kappa shape index (κ2) is 6.57. The van der Waals surface area contributed by atoms with Gasteiger partial charge in [0.2, 0.25) is 10.0 Å². The minimum absolute atomic E-state index is 0.0886. The van der Waals surface area contributed by atoms with Crippen LogP contribution in [0.1, 0.15) is 13.8 Å². The molecule has 0 amide bonds. The lowest BCUT2D eigenvalue weighted by Gasteiger charge is -2.40. The van der Waals surface area contributed by atoms with Gasteiger partial charge in [0.05, 0.1) is 13.2 Å². The topological polar surface area (TPSA) is 58.6 Å². The van der Waals surface area contributed by atoms with Crippen molar-refractivity contribution in [3.8, 4) is 0 Å². The van der Waals surface area contributed by atoms with E-state index in [2.05, 4.69) is 9.62 Å². The molecule has 1 aliphatic heterocycles. The molecule has 1 aromatic rings. The SMILES string of the molecule is CC(C)(CNS(=O)(=O)c1cc(F)ccc1F)N1CCOCC1. The summed E-state index contributed by atoms with van der Waals surface area (Å²) in [5.41, 5.74) is -0.458. The highest BCUT2D eigenvalue weighted by atomic mass is 32.2. The van der Waals surface area contributed by atoms with E-state index in [-0.39, 0.29) is 6.54 Å². The number of sulfonamides is 1. The lowest BCUT2D eigenvalue weighted by atomic mass is 10.0. The van der Waals surface area contributed by atoms with E-state index in [1.54, 1.807) is 0 Å². The Morgan fingerprint density at radius 3 is 2.55 bits per heavy atom. The van der Waals surface area contributed by atoms with E-state index >= 15 is 0 Å². The Balaban J connectivity index is 2.10.